The van der Waals surface area contributed by atoms with Gasteiger partial charge in [0.25, 0.3) is 0 Å². The first-order valence-electron chi connectivity index (χ1n) is 7.02. The first-order valence-corrected chi connectivity index (χ1v) is 7.40. The largest absolute Gasteiger partial charge is 0.388 e. The number of aryl methyl sites for hydroxylation is 1. The fourth-order valence-electron chi connectivity index (χ4n) is 3.16. The van der Waals surface area contributed by atoms with E-state index >= 15 is 0 Å². The van der Waals surface area contributed by atoms with E-state index in [4.69, 9.17) is 11.6 Å². The Morgan fingerprint density at radius 2 is 2.05 bits per heavy atom. The number of aromatic nitrogens is 1. The van der Waals surface area contributed by atoms with Gasteiger partial charge in [0.1, 0.15) is 0 Å². The van der Waals surface area contributed by atoms with E-state index in [2.05, 4.69) is 31.4 Å². The molecule has 0 fully saturated rings. The number of nitrogens with zero attached hydrogens (tertiary/aromatic N) is 1. The summed E-state index contributed by atoms with van der Waals surface area (Å²) in [6, 6.07) is 8.06. The molecule has 1 unspecified atom stereocenters. The van der Waals surface area contributed by atoms with Crippen LogP contribution in [0.2, 0.25) is 5.02 Å². The Morgan fingerprint density at radius 3 is 2.80 bits per heavy atom. The molecule has 3 rings (SSSR count). The number of rotatable bonds is 1. The van der Waals surface area contributed by atoms with Crippen LogP contribution >= 0.6 is 11.6 Å². The van der Waals surface area contributed by atoms with Gasteiger partial charge >= 0.3 is 0 Å². The third kappa shape index (κ3) is 2.27. The van der Waals surface area contributed by atoms with Crippen molar-refractivity contribution in [1.82, 2.24) is 4.57 Å². The zero-order chi connectivity index (χ0) is 14.5. The molecule has 0 saturated carbocycles. The monoisotopic (exact) mass is 289 g/mol. The maximum atomic E-state index is 10.3. The summed E-state index contributed by atoms with van der Waals surface area (Å²) in [5.74, 6) is 0. The van der Waals surface area contributed by atoms with Crippen molar-refractivity contribution >= 4 is 11.6 Å². The number of benzene rings is 1. The second kappa shape index (κ2) is 4.64. The maximum Gasteiger partial charge on any atom is 0.0812 e. The van der Waals surface area contributed by atoms with Gasteiger partial charge in [-0.25, -0.2) is 0 Å². The van der Waals surface area contributed by atoms with Crippen LogP contribution in [0.25, 0.3) is 5.69 Å². The predicted octanol–water partition coefficient (Wildman–Crippen LogP) is 4.44. The fourth-order valence-corrected chi connectivity index (χ4v) is 3.37. The van der Waals surface area contributed by atoms with Gasteiger partial charge in [0.05, 0.1) is 16.8 Å². The molecular weight excluding hydrogens is 270 g/mol. The Bertz CT molecular complexity index is 657. The van der Waals surface area contributed by atoms with Crippen molar-refractivity contribution in [3.05, 3.63) is 52.3 Å². The summed E-state index contributed by atoms with van der Waals surface area (Å²) in [7, 11) is 0. The maximum absolute atomic E-state index is 10.3. The average molecular weight is 290 g/mol. The first kappa shape index (κ1) is 13.7. The van der Waals surface area contributed by atoms with Gasteiger partial charge in [-0.1, -0.05) is 31.5 Å². The van der Waals surface area contributed by atoms with Crippen molar-refractivity contribution in [2.24, 2.45) is 5.41 Å². The highest BCUT2D eigenvalue weighted by atomic mass is 35.5. The van der Waals surface area contributed by atoms with E-state index in [0.29, 0.717) is 0 Å². The van der Waals surface area contributed by atoms with E-state index in [1.54, 1.807) is 0 Å². The molecule has 106 valence electrons. The molecule has 0 bridgehead atoms. The van der Waals surface area contributed by atoms with Crippen LogP contribution in [-0.2, 0) is 6.42 Å². The molecule has 1 N–H and O–H groups in total. The summed E-state index contributed by atoms with van der Waals surface area (Å²) in [5, 5.41) is 11.1. The molecular formula is C17H20ClNO. The van der Waals surface area contributed by atoms with Crippen molar-refractivity contribution in [1.29, 1.82) is 0 Å². The molecule has 1 aliphatic carbocycles. The third-order valence-corrected chi connectivity index (χ3v) is 4.46. The van der Waals surface area contributed by atoms with Crippen molar-refractivity contribution in [2.45, 2.75) is 39.7 Å². The fraction of sp³-hybridized carbons (Fsp3) is 0.412. The number of aliphatic hydroxyl groups excluding tert-OH is 1. The van der Waals surface area contributed by atoms with Gasteiger partial charge in [0.2, 0.25) is 0 Å². The molecule has 3 heteroatoms. The van der Waals surface area contributed by atoms with Crippen LogP contribution < -0.4 is 0 Å². The van der Waals surface area contributed by atoms with E-state index in [1.807, 2.05) is 24.4 Å². The zero-order valence-corrected chi connectivity index (χ0v) is 12.9. The molecule has 0 aliphatic heterocycles. The average Bonchev–Trinajstić information content (AvgIpc) is 2.74. The van der Waals surface area contributed by atoms with E-state index < -0.39 is 0 Å². The van der Waals surface area contributed by atoms with Crippen LogP contribution in [0.5, 0.6) is 0 Å². The van der Waals surface area contributed by atoms with Crippen LogP contribution in [0, 0.1) is 12.3 Å². The highest BCUT2D eigenvalue weighted by Gasteiger charge is 2.33. The Kier molecular flexibility index (Phi) is 3.19. The van der Waals surface area contributed by atoms with Crippen LogP contribution in [0.4, 0.5) is 0 Å². The lowest BCUT2D eigenvalue weighted by Gasteiger charge is -2.34. The molecule has 2 aromatic rings. The molecule has 1 atom stereocenters. The number of hydrogen-bond acceptors (Lipinski definition) is 1. The summed E-state index contributed by atoms with van der Waals surface area (Å²) in [6.45, 7) is 6.47. The van der Waals surface area contributed by atoms with Gasteiger partial charge in [-0.2, -0.15) is 0 Å². The highest BCUT2D eigenvalue weighted by Crippen LogP contribution is 2.42. The van der Waals surface area contributed by atoms with Gasteiger partial charge in [0, 0.05) is 17.5 Å². The van der Waals surface area contributed by atoms with E-state index in [0.717, 1.165) is 29.1 Å². The summed E-state index contributed by atoms with van der Waals surface area (Å²) in [6.07, 6.45) is 3.41. The molecule has 1 heterocycles. The van der Waals surface area contributed by atoms with Crippen LogP contribution in [-0.4, -0.2) is 9.67 Å². The smallest absolute Gasteiger partial charge is 0.0812 e. The molecule has 1 aromatic heterocycles. The standard InChI is InChI=1S/C17H20ClNO/c1-11-4-5-13(18)14(8-11)19-7-6-12-15(19)9-17(2,3)10-16(12)20/h4-8,16,20H,9-10H2,1-3H3. The summed E-state index contributed by atoms with van der Waals surface area (Å²) in [5.41, 5.74) is 4.52. The third-order valence-electron chi connectivity index (χ3n) is 4.14. The van der Waals surface area contributed by atoms with Gasteiger partial charge in [-0.15, -0.1) is 0 Å². The second-order valence-electron chi connectivity index (χ2n) is 6.60. The topological polar surface area (TPSA) is 25.2 Å². The first-order chi connectivity index (χ1) is 9.37. The molecule has 1 aliphatic rings. The Morgan fingerprint density at radius 1 is 1.30 bits per heavy atom. The molecule has 20 heavy (non-hydrogen) atoms. The Labute approximate surface area is 125 Å². The normalized spacial score (nSPS) is 20.8. The number of hydrogen-bond donors (Lipinski definition) is 1. The van der Waals surface area contributed by atoms with Crippen molar-refractivity contribution in [3.63, 3.8) is 0 Å². The predicted molar refractivity (Wildman–Crippen MR) is 82.6 cm³/mol. The minimum Gasteiger partial charge on any atom is -0.388 e. The minimum absolute atomic E-state index is 0.110. The van der Waals surface area contributed by atoms with Crippen LogP contribution in [0.1, 0.15) is 43.2 Å². The van der Waals surface area contributed by atoms with E-state index in [9.17, 15) is 5.11 Å². The Hall–Kier alpha value is -1.25. The van der Waals surface area contributed by atoms with Crippen molar-refractivity contribution < 1.29 is 5.11 Å². The van der Waals surface area contributed by atoms with Crippen LogP contribution in [0.15, 0.2) is 30.5 Å². The molecule has 1 aromatic carbocycles. The lowest BCUT2D eigenvalue weighted by atomic mass is 9.75. The van der Waals surface area contributed by atoms with Gasteiger partial charge in [-0.05, 0) is 48.9 Å². The quantitative estimate of drug-likeness (QED) is 0.824. The number of aliphatic hydroxyl groups is 1. The zero-order valence-electron chi connectivity index (χ0n) is 12.2. The van der Waals surface area contributed by atoms with Gasteiger partial charge in [0.15, 0.2) is 0 Å². The van der Waals surface area contributed by atoms with E-state index in [-0.39, 0.29) is 11.5 Å². The van der Waals surface area contributed by atoms with Crippen LogP contribution in [0.3, 0.4) is 0 Å². The Balaban J connectivity index is 2.16. The summed E-state index contributed by atoms with van der Waals surface area (Å²) < 4.78 is 2.13. The number of fused-ring (bicyclic) bond motifs is 1. The summed E-state index contributed by atoms with van der Waals surface area (Å²) >= 11 is 6.35. The molecule has 2 nitrogen and oxygen atoms in total. The lowest BCUT2D eigenvalue weighted by molar-refractivity contribution is 0.0987. The van der Waals surface area contributed by atoms with Crippen molar-refractivity contribution in [3.8, 4) is 5.69 Å². The minimum atomic E-state index is -0.376. The molecule has 0 saturated heterocycles. The molecule has 0 amide bonds. The number of halogens is 1. The second-order valence-corrected chi connectivity index (χ2v) is 7.01. The summed E-state index contributed by atoms with van der Waals surface area (Å²) in [4.78, 5) is 0. The van der Waals surface area contributed by atoms with Gasteiger partial charge < -0.3 is 9.67 Å². The molecule has 0 spiro atoms. The van der Waals surface area contributed by atoms with Gasteiger partial charge in [-0.3, -0.25) is 0 Å². The SMILES string of the molecule is Cc1ccc(Cl)c(-n2ccc3c2CC(C)(C)CC3O)c1. The van der Waals surface area contributed by atoms with Crippen molar-refractivity contribution in [2.75, 3.05) is 0 Å². The van der Waals surface area contributed by atoms with E-state index in [1.165, 1.54) is 11.3 Å². The lowest BCUT2D eigenvalue weighted by Crippen LogP contribution is -2.26. The highest BCUT2D eigenvalue weighted by molar-refractivity contribution is 6.32. The molecule has 0 radical (unpaired) electrons.